The first-order valence-corrected chi connectivity index (χ1v) is 4.34. The van der Waals surface area contributed by atoms with E-state index < -0.39 is 21.4 Å². The van der Waals surface area contributed by atoms with E-state index in [2.05, 4.69) is 0 Å². The highest BCUT2D eigenvalue weighted by Crippen LogP contribution is 1.99. The summed E-state index contributed by atoms with van der Waals surface area (Å²) in [6, 6.07) is 0. The van der Waals surface area contributed by atoms with Gasteiger partial charge in [0.25, 0.3) is 10.1 Å². The van der Waals surface area contributed by atoms with Crippen LogP contribution in [0.25, 0.3) is 0 Å². The Balaban J connectivity index is 3.90. The van der Waals surface area contributed by atoms with Crippen LogP contribution in [0.15, 0.2) is 0 Å². The van der Waals surface area contributed by atoms with Crippen molar-refractivity contribution in [3.8, 4) is 0 Å². The lowest BCUT2D eigenvalue weighted by atomic mass is 10.3. The Labute approximate surface area is 64.3 Å². The van der Waals surface area contributed by atoms with Crippen LogP contribution in [0.2, 0.25) is 0 Å². The lowest BCUT2D eigenvalue weighted by molar-refractivity contribution is -0.118. The van der Waals surface area contributed by atoms with Crippen LogP contribution in [-0.4, -0.2) is 24.3 Å². The Morgan fingerprint density at radius 2 is 2.00 bits per heavy atom. The molecule has 0 aromatic carbocycles. The number of carbonyl (C=O) groups excluding carboxylic acids is 1. The van der Waals surface area contributed by atoms with Crippen LogP contribution in [-0.2, 0) is 14.9 Å². The minimum Gasteiger partial charge on any atom is -0.370 e. The zero-order valence-electron chi connectivity index (χ0n) is 5.73. The van der Waals surface area contributed by atoms with E-state index >= 15 is 0 Å². The quantitative estimate of drug-likeness (QED) is 0.453. The van der Waals surface area contributed by atoms with Crippen molar-refractivity contribution in [3.05, 3.63) is 0 Å². The minimum atomic E-state index is -4.23. The molecule has 0 fully saturated rings. The van der Waals surface area contributed by atoms with Gasteiger partial charge in [-0.25, -0.2) is 0 Å². The van der Waals surface area contributed by atoms with Gasteiger partial charge in [-0.05, 0) is 6.42 Å². The molecule has 7 heteroatoms. The molecule has 66 valence electrons. The number of hydrogen-bond acceptors (Lipinski definition) is 4. The Bertz CT molecular complexity index is 234. The van der Waals surface area contributed by atoms with E-state index in [1.54, 1.807) is 0 Å². The van der Waals surface area contributed by atoms with Gasteiger partial charge in [-0.1, -0.05) is 0 Å². The number of carbonyl (C=O) groups is 1. The fourth-order valence-electron chi connectivity index (χ4n) is 0.433. The topological polar surface area (TPSA) is 123 Å². The van der Waals surface area contributed by atoms with Gasteiger partial charge >= 0.3 is 0 Å². The monoisotopic (exact) mass is 182 g/mol. The van der Waals surface area contributed by atoms with Gasteiger partial charge < -0.3 is 11.5 Å². The SMILES string of the molecule is NC(=O)CCC(N)S(=O)(=O)O. The lowest BCUT2D eigenvalue weighted by Crippen LogP contribution is -2.31. The predicted octanol–water partition coefficient (Wildman–Crippen LogP) is -1.58. The van der Waals surface area contributed by atoms with E-state index in [4.69, 9.17) is 16.0 Å². The van der Waals surface area contributed by atoms with Gasteiger partial charge in [-0.15, -0.1) is 0 Å². The van der Waals surface area contributed by atoms with Crippen molar-refractivity contribution < 1.29 is 17.8 Å². The number of amides is 1. The molecular formula is C4H10N2O4S. The summed E-state index contributed by atoms with van der Waals surface area (Å²) in [5.74, 6) is -0.649. The molecule has 0 rings (SSSR count). The van der Waals surface area contributed by atoms with Gasteiger partial charge in [0.1, 0.15) is 5.37 Å². The van der Waals surface area contributed by atoms with Crippen molar-refractivity contribution in [2.75, 3.05) is 0 Å². The number of hydrogen-bond donors (Lipinski definition) is 3. The lowest BCUT2D eigenvalue weighted by Gasteiger charge is -2.04. The molecule has 1 amide bonds. The summed E-state index contributed by atoms with van der Waals surface area (Å²) in [6.45, 7) is 0. The van der Waals surface area contributed by atoms with Crippen LogP contribution >= 0.6 is 0 Å². The summed E-state index contributed by atoms with van der Waals surface area (Å²) in [7, 11) is -4.23. The largest absolute Gasteiger partial charge is 0.370 e. The first-order valence-electron chi connectivity index (χ1n) is 2.84. The molecule has 0 radical (unpaired) electrons. The van der Waals surface area contributed by atoms with Gasteiger partial charge in [0.2, 0.25) is 5.91 Å². The molecule has 0 saturated carbocycles. The third kappa shape index (κ3) is 4.71. The zero-order chi connectivity index (χ0) is 9.07. The van der Waals surface area contributed by atoms with Crippen LogP contribution in [0.1, 0.15) is 12.8 Å². The second-order valence-corrected chi connectivity index (χ2v) is 3.69. The molecule has 0 saturated heterocycles. The Morgan fingerprint density at radius 3 is 2.27 bits per heavy atom. The van der Waals surface area contributed by atoms with Crippen molar-refractivity contribution in [1.82, 2.24) is 0 Å². The molecule has 6 nitrogen and oxygen atoms in total. The van der Waals surface area contributed by atoms with Crippen LogP contribution < -0.4 is 11.5 Å². The van der Waals surface area contributed by atoms with E-state index in [0.29, 0.717) is 0 Å². The summed E-state index contributed by atoms with van der Waals surface area (Å²) in [5.41, 5.74) is 9.67. The van der Waals surface area contributed by atoms with Crippen molar-refractivity contribution >= 4 is 16.0 Å². The molecule has 0 aliphatic heterocycles. The molecule has 0 aromatic rings. The zero-order valence-corrected chi connectivity index (χ0v) is 6.54. The van der Waals surface area contributed by atoms with Crippen molar-refractivity contribution in [2.45, 2.75) is 18.2 Å². The molecule has 11 heavy (non-hydrogen) atoms. The first-order chi connectivity index (χ1) is 4.84. The van der Waals surface area contributed by atoms with Gasteiger partial charge in [-0.3, -0.25) is 9.35 Å². The highest BCUT2D eigenvalue weighted by molar-refractivity contribution is 7.86. The molecule has 0 aliphatic carbocycles. The van der Waals surface area contributed by atoms with E-state index in [1.165, 1.54) is 0 Å². The highest BCUT2D eigenvalue weighted by atomic mass is 32.2. The van der Waals surface area contributed by atoms with E-state index in [-0.39, 0.29) is 12.8 Å². The third-order valence-corrected chi connectivity index (χ3v) is 2.06. The van der Waals surface area contributed by atoms with Crippen LogP contribution in [0.4, 0.5) is 0 Å². The first kappa shape index (κ1) is 10.3. The maximum Gasteiger partial charge on any atom is 0.280 e. The van der Waals surface area contributed by atoms with Gasteiger partial charge in [0.15, 0.2) is 0 Å². The molecule has 0 bridgehead atoms. The normalized spacial score (nSPS) is 14.4. The smallest absolute Gasteiger partial charge is 0.280 e. The fourth-order valence-corrected chi connectivity index (χ4v) is 0.849. The summed E-state index contributed by atoms with van der Waals surface area (Å²) in [4.78, 5) is 10.1. The Kier molecular flexibility index (Phi) is 3.43. The average Bonchev–Trinajstić information content (AvgIpc) is 1.80. The summed E-state index contributed by atoms with van der Waals surface area (Å²) in [6.07, 6.45) is -0.310. The van der Waals surface area contributed by atoms with Gasteiger partial charge in [0, 0.05) is 6.42 Å². The standard InChI is InChI=1S/C4H10N2O4S/c5-3(7)1-2-4(6)11(8,9)10/h4H,1-2,6H2,(H2,5,7)(H,8,9,10). The third-order valence-electron chi connectivity index (χ3n) is 1.06. The molecule has 0 spiro atoms. The van der Waals surface area contributed by atoms with Crippen LogP contribution in [0, 0.1) is 0 Å². The maximum absolute atomic E-state index is 10.2. The number of rotatable bonds is 4. The van der Waals surface area contributed by atoms with Crippen LogP contribution in [0.3, 0.4) is 0 Å². The molecule has 1 unspecified atom stereocenters. The average molecular weight is 182 g/mol. The van der Waals surface area contributed by atoms with E-state index in [9.17, 15) is 13.2 Å². The summed E-state index contributed by atoms with van der Waals surface area (Å²) < 4.78 is 28.7. The Hall–Kier alpha value is -0.660. The molecule has 0 aliphatic rings. The second-order valence-electron chi connectivity index (χ2n) is 2.06. The van der Waals surface area contributed by atoms with Gasteiger partial charge in [-0.2, -0.15) is 8.42 Å². The number of nitrogens with two attached hydrogens (primary N) is 2. The van der Waals surface area contributed by atoms with Crippen LogP contribution in [0.5, 0.6) is 0 Å². The van der Waals surface area contributed by atoms with Gasteiger partial charge in [0.05, 0.1) is 0 Å². The molecular weight excluding hydrogens is 172 g/mol. The second kappa shape index (κ2) is 3.65. The highest BCUT2D eigenvalue weighted by Gasteiger charge is 2.17. The van der Waals surface area contributed by atoms with E-state index in [0.717, 1.165) is 0 Å². The molecule has 1 atom stereocenters. The van der Waals surface area contributed by atoms with E-state index in [1.807, 2.05) is 0 Å². The number of primary amides is 1. The summed E-state index contributed by atoms with van der Waals surface area (Å²) in [5, 5.41) is -1.42. The molecule has 5 N–H and O–H groups in total. The fraction of sp³-hybridized carbons (Fsp3) is 0.750. The molecule has 0 heterocycles. The van der Waals surface area contributed by atoms with Crippen molar-refractivity contribution in [2.24, 2.45) is 11.5 Å². The van der Waals surface area contributed by atoms with Crippen molar-refractivity contribution in [3.63, 3.8) is 0 Å². The maximum atomic E-state index is 10.2. The predicted molar refractivity (Wildman–Crippen MR) is 38.0 cm³/mol. The Morgan fingerprint density at radius 1 is 1.55 bits per heavy atom. The minimum absolute atomic E-state index is 0.152. The molecule has 0 aromatic heterocycles. The van der Waals surface area contributed by atoms with Crippen molar-refractivity contribution in [1.29, 1.82) is 0 Å². The summed E-state index contributed by atoms with van der Waals surface area (Å²) >= 11 is 0.